The first-order valence-electron chi connectivity index (χ1n) is 7.65. The second-order valence-corrected chi connectivity index (χ2v) is 6.58. The van der Waals surface area contributed by atoms with Gasteiger partial charge in [-0.05, 0) is 17.7 Å². The van der Waals surface area contributed by atoms with Gasteiger partial charge < -0.3 is 14.6 Å². The number of halogens is 3. The van der Waals surface area contributed by atoms with Gasteiger partial charge in [0, 0.05) is 25.0 Å². The molecule has 1 aromatic heterocycles. The van der Waals surface area contributed by atoms with Crippen LogP contribution in [0.25, 0.3) is 5.69 Å². The summed E-state index contributed by atoms with van der Waals surface area (Å²) in [5, 5.41) is 3.74. The molecular formula is C18H14Cl3N3O2. The van der Waals surface area contributed by atoms with Crippen LogP contribution in [0.2, 0.25) is 15.1 Å². The lowest BCUT2D eigenvalue weighted by molar-refractivity contribution is -0.123. The maximum Gasteiger partial charge on any atom is 0.258 e. The number of carbonyl (C=O) groups is 1. The second kappa shape index (κ2) is 8.45. The monoisotopic (exact) mass is 409 g/mol. The number of para-hydroxylation sites is 1. The second-order valence-electron chi connectivity index (χ2n) is 5.36. The number of carbonyl (C=O) groups excluding carboxylic acids is 1. The van der Waals surface area contributed by atoms with Gasteiger partial charge in [0.15, 0.2) is 6.61 Å². The fourth-order valence-corrected chi connectivity index (χ4v) is 2.91. The molecule has 1 amide bonds. The topological polar surface area (TPSA) is 56.1 Å². The zero-order valence-corrected chi connectivity index (χ0v) is 15.7. The summed E-state index contributed by atoms with van der Waals surface area (Å²) in [6.45, 7) is 0.163. The van der Waals surface area contributed by atoms with Gasteiger partial charge in [-0.15, -0.1) is 0 Å². The maximum atomic E-state index is 12.1. The summed E-state index contributed by atoms with van der Waals surface area (Å²) in [6, 6.07) is 10.7. The molecule has 0 aliphatic heterocycles. The number of imidazole rings is 1. The number of rotatable bonds is 6. The molecule has 8 heteroatoms. The highest BCUT2D eigenvalue weighted by molar-refractivity contribution is 6.43. The average Bonchev–Trinajstić information content (AvgIpc) is 3.16. The van der Waals surface area contributed by atoms with Crippen molar-refractivity contribution in [1.29, 1.82) is 0 Å². The van der Waals surface area contributed by atoms with Gasteiger partial charge >= 0.3 is 0 Å². The Labute approximate surface area is 165 Å². The summed E-state index contributed by atoms with van der Waals surface area (Å²) >= 11 is 17.8. The maximum absolute atomic E-state index is 12.1. The van der Waals surface area contributed by atoms with Crippen LogP contribution in [-0.4, -0.2) is 22.1 Å². The van der Waals surface area contributed by atoms with E-state index >= 15 is 0 Å². The molecule has 0 atom stereocenters. The summed E-state index contributed by atoms with van der Waals surface area (Å²) in [5.41, 5.74) is 1.89. The zero-order chi connectivity index (χ0) is 18.5. The molecule has 0 aliphatic rings. The van der Waals surface area contributed by atoms with Crippen LogP contribution in [0.1, 0.15) is 5.56 Å². The van der Waals surface area contributed by atoms with Crippen molar-refractivity contribution in [2.24, 2.45) is 0 Å². The van der Waals surface area contributed by atoms with Gasteiger partial charge in [-0.1, -0.05) is 53.0 Å². The van der Waals surface area contributed by atoms with Crippen LogP contribution in [0, 0.1) is 0 Å². The van der Waals surface area contributed by atoms with Crippen molar-refractivity contribution >= 4 is 40.7 Å². The number of hydrogen-bond acceptors (Lipinski definition) is 3. The van der Waals surface area contributed by atoms with Gasteiger partial charge in [-0.2, -0.15) is 0 Å². The number of nitrogens with one attached hydrogen (secondary N) is 1. The van der Waals surface area contributed by atoms with Crippen molar-refractivity contribution in [3.8, 4) is 11.4 Å². The number of benzene rings is 2. The molecule has 1 N–H and O–H groups in total. The third kappa shape index (κ3) is 4.49. The smallest absolute Gasteiger partial charge is 0.258 e. The van der Waals surface area contributed by atoms with Crippen molar-refractivity contribution in [1.82, 2.24) is 14.9 Å². The number of amides is 1. The molecular weight excluding hydrogens is 397 g/mol. The predicted molar refractivity (Wildman–Crippen MR) is 102 cm³/mol. The lowest BCUT2D eigenvalue weighted by Crippen LogP contribution is -2.28. The van der Waals surface area contributed by atoms with Crippen molar-refractivity contribution in [3.05, 3.63) is 75.8 Å². The van der Waals surface area contributed by atoms with Gasteiger partial charge in [0.05, 0.1) is 27.1 Å². The first-order valence-corrected chi connectivity index (χ1v) is 8.78. The molecule has 3 aromatic rings. The number of ether oxygens (including phenoxy) is 1. The van der Waals surface area contributed by atoms with Crippen LogP contribution in [0.15, 0.2) is 55.1 Å². The normalized spacial score (nSPS) is 10.6. The van der Waals surface area contributed by atoms with Crippen molar-refractivity contribution in [3.63, 3.8) is 0 Å². The minimum Gasteiger partial charge on any atom is -0.482 e. The zero-order valence-electron chi connectivity index (χ0n) is 13.5. The van der Waals surface area contributed by atoms with E-state index in [0.29, 0.717) is 22.3 Å². The third-order valence-electron chi connectivity index (χ3n) is 3.58. The third-order valence-corrected chi connectivity index (χ3v) is 4.60. The van der Waals surface area contributed by atoms with E-state index < -0.39 is 0 Å². The van der Waals surface area contributed by atoms with Gasteiger partial charge in [0.1, 0.15) is 5.75 Å². The molecule has 0 saturated carbocycles. The Morgan fingerprint density at radius 1 is 1.12 bits per heavy atom. The lowest BCUT2D eigenvalue weighted by Gasteiger charge is -2.12. The highest BCUT2D eigenvalue weighted by Crippen LogP contribution is 2.33. The van der Waals surface area contributed by atoms with Crippen molar-refractivity contribution in [2.45, 2.75) is 6.54 Å². The predicted octanol–water partition coefficient (Wildman–Crippen LogP) is 4.53. The van der Waals surface area contributed by atoms with Crippen LogP contribution >= 0.6 is 34.8 Å². The molecule has 0 bridgehead atoms. The minimum absolute atomic E-state index is 0.190. The summed E-state index contributed by atoms with van der Waals surface area (Å²) in [4.78, 5) is 16.1. The van der Waals surface area contributed by atoms with E-state index in [4.69, 9.17) is 39.5 Å². The molecule has 0 radical (unpaired) electrons. The first kappa shape index (κ1) is 18.6. The first-order chi connectivity index (χ1) is 12.5. The summed E-state index contributed by atoms with van der Waals surface area (Å²) in [6.07, 6.45) is 5.25. The van der Waals surface area contributed by atoms with E-state index in [1.807, 2.05) is 35.0 Å². The highest BCUT2D eigenvalue weighted by Gasteiger charge is 2.10. The molecule has 0 fully saturated rings. The van der Waals surface area contributed by atoms with Crippen LogP contribution < -0.4 is 10.1 Å². The lowest BCUT2D eigenvalue weighted by atomic mass is 10.1. The van der Waals surface area contributed by atoms with Gasteiger partial charge in [0.25, 0.3) is 5.91 Å². The fourth-order valence-electron chi connectivity index (χ4n) is 2.32. The summed E-state index contributed by atoms with van der Waals surface area (Å²) in [5.74, 6) is 0.0163. The van der Waals surface area contributed by atoms with E-state index in [-0.39, 0.29) is 17.5 Å². The molecule has 0 spiro atoms. The molecule has 26 heavy (non-hydrogen) atoms. The largest absolute Gasteiger partial charge is 0.482 e. The Morgan fingerprint density at radius 2 is 1.88 bits per heavy atom. The van der Waals surface area contributed by atoms with Gasteiger partial charge in [-0.3, -0.25) is 4.79 Å². The van der Waals surface area contributed by atoms with Crippen LogP contribution in [-0.2, 0) is 11.3 Å². The SMILES string of the molecule is O=C(COc1cc(Cl)c(Cl)cc1Cl)NCc1ccccc1-n1ccnc1. The Bertz CT molecular complexity index is 914. The molecule has 3 rings (SSSR count). The summed E-state index contributed by atoms with van der Waals surface area (Å²) < 4.78 is 7.31. The van der Waals surface area contributed by atoms with E-state index in [9.17, 15) is 4.79 Å². The fraction of sp³-hybridized carbons (Fsp3) is 0.111. The Hall–Kier alpha value is -2.21. The molecule has 5 nitrogen and oxygen atoms in total. The van der Waals surface area contributed by atoms with Crippen LogP contribution in [0.5, 0.6) is 5.75 Å². The molecule has 2 aromatic carbocycles. The van der Waals surface area contributed by atoms with E-state index in [1.165, 1.54) is 12.1 Å². The Balaban J connectivity index is 1.60. The van der Waals surface area contributed by atoms with E-state index in [1.54, 1.807) is 12.5 Å². The number of hydrogen-bond donors (Lipinski definition) is 1. The molecule has 0 unspecified atom stereocenters. The molecule has 134 valence electrons. The Morgan fingerprint density at radius 3 is 2.65 bits per heavy atom. The van der Waals surface area contributed by atoms with Crippen LogP contribution in [0.3, 0.4) is 0 Å². The minimum atomic E-state index is -0.285. The highest BCUT2D eigenvalue weighted by atomic mass is 35.5. The standard InChI is InChI=1S/C18H14Cl3N3O2/c19-13-7-15(21)17(8-14(13)20)26-10-18(25)23-9-12-3-1-2-4-16(12)24-6-5-22-11-24/h1-8,11H,9-10H2,(H,23,25). The van der Waals surface area contributed by atoms with Crippen molar-refractivity contribution < 1.29 is 9.53 Å². The molecule has 1 heterocycles. The number of aromatic nitrogens is 2. The van der Waals surface area contributed by atoms with Crippen molar-refractivity contribution in [2.75, 3.05) is 6.61 Å². The molecule has 0 saturated heterocycles. The number of nitrogens with zero attached hydrogens (tertiary/aromatic N) is 2. The quantitative estimate of drug-likeness (QED) is 0.608. The van der Waals surface area contributed by atoms with Gasteiger partial charge in [0.2, 0.25) is 0 Å². The Kier molecular flexibility index (Phi) is 6.04. The average molecular weight is 411 g/mol. The molecule has 0 aliphatic carbocycles. The van der Waals surface area contributed by atoms with E-state index in [2.05, 4.69) is 10.3 Å². The van der Waals surface area contributed by atoms with E-state index in [0.717, 1.165) is 11.3 Å². The summed E-state index contributed by atoms with van der Waals surface area (Å²) in [7, 11) is 0. The van der Waals surface area contributed by atoms with Gasteiger partial charge in [-0.25, -0.2) is 4.98 Å². The van der Waals surface area contributed by atoms with Crippen LogP contribution in [0.4, 0.5) is 0 Å².